The number of ether oxygens (including phenoxy) is 3. The Bertz CT molecular complexity index is 793. The summed E-state index contributed by atoms with van der Waals surface area (Å²) < 4.78 is 16.6. The van der Waals surface area contributed by atoms with Crippen LogP contribution < -0.4 is 14.4 Å². The van der Waals surface area contributed by atoms with E-state index >= 15 is 0 Å². The number of hydrogen-bond donors (Lipinski definition) is 0. The van der Waals surface area contributed by atoms with E-state index in [9.17, 15) is 4.79 Å². The van der Waals surface area contributed by atoms with Crippen molar-refractivity contribution in [2.75, 3.05) is 51.4 Å². The summed E-state index contributed by atoms with van der Waals surface area (Å²) in [5, 5.41) is 0. The molecule has 2 saturated heterocycles. The first-order chi connectivity index (χ1) is 14.2. The van der Waals surface area contributed by atoms with Crippen molar-refractivity contribution >= 4 is 11.6 Å². The highest BCUT2D eigenvalue weighted by Crippen LogP contribution is 2.22. The topological polar surface area (TPSA) is 51.2 Å². The van der Waals surface area contributed by atoms with E-state index in [2.05, 4.69) is 17.0 Å². The molecule has 1 amide bonds. The van der Waals surface area contributed by atoms with Crippen molar-refractivity contribution in [2.45, 2.75) is 18.9 Å². The minimum Gasteiger partial charge on any atom is -0.497 e. The number of carbonyl (C=O) groups excluding carboxylic acids is 1. The molecule has 0 spiro atoms. The van der Waals surface area contributed by atoms with Gasteiger partial charge in [0.1, 0.15) is 18.1 Å². The highest BCUT2D eigenvalue weighted by molar-refractivity contribution is 5.94. The maximum atomic E-state index is 12.8. The lowest BCUT2D eigenvalue weighted by atomic mass is 10.1. The van der Waals surface area contributed by atoms with Gasteiger partial charge < -0.3 is 24.0 Å². The summed E-state index contributed by atoms with van der Waals surface area (Å²) in [5.74, 6) is 1.71. The molecule has 29 heavy (non-hydrogen) atoms. The third-order valence-corrected chi connectivity index (χ3v) is 5.57. The number of piperazine rings is 1. The number of hydrogen-bond acceptors (Lipinski definition) is 5. The molecule has 154 valence electrons. The van der Waals surface area contributed by atoms with E-state index in [0.717, 1.165) is 49.7 Å². The summed E-state index contributed by atoms with van der Waals surface area (Å²) >= 11 is 0. The first-order valence-corrected chi connectivity index (χ1v) is 10.3. The molecule has 6 nitrogen and oxygen atoms in total. The standard InChI is InChI=1S/C23H28N2O4/c1-27-20-10-6-19(7-11-20)24-12-14-25(15-13-24)23(26)18-4-8-21(9-5-18)29-17-22-3-2-16-28-22/h4-11,22H,2-3,12-17H2,1H3/t22-/m0/s1. The van der Waals surface area contributed by atoms with Crippen LogP contribution in [-0.4, -0.2) is 63.4 Å². The molecule has 2 aliphatic heterocycles. The molecule has 0 bridgehead atoms. The van der Waals surface area contributed by atoms with E-state index < -0.39 is 0 Å². The first-order valence-electron chi connectivity index (χ1n) is 10.3. The Morgan fingerprint density at radius 3 is 2.31 bits per heavy atom. The Morgan fingerprint density at radius 2 is 1.69 bits per heavy atom. The number of methoxy groups -OCH3 is 1. The van der Waals surface area contributed by atoms with Gasteiger partial charge in [0, 0.05) is 44.0 Å². The second kappa shape index (κ2) is 9.18. The summed E-state index contributed by atoms with van der Waals surface area (Å²) in [6.45, 7) is 4.46. The molecular formula is C23H28N2O4. The number of amides is 1. The highest BCUT2D eigenvalue weighted by Gasteiger charge is 2.22. The van der Waals surface area contributed by atoms with Crippen molar-refractivity contribution in [3.8, 4) is 11.5 Å². The Hall–Kier alpha value is -2.73. The third-order valence-electron chi connectivity index (χ3n) is 5.57. The van der Waals surface area contributed by atoms with Crippen LogP contribution in [0.2, 0.25) is 0 Å². The van der Waals surface area contributed by atoms with Gasteiger partial charge in [-0.2, -0.15) is 0 Å². The number of benzene rings is 2. The second-order valence-electron chi connectivity index (χ2n) is 7.45. The zero-order valence-corrected chi connectivity index (χ0v) is 16.9. The fourth-order valence-corrected chi connectivity index (χ4v) is 3.80. The van der Waals surface area contributed by atoms with Gasteiger partial charge in [-0.1, -0.05) is 0 Å². The molecule has 2 heterocycles. The van der Waals surface area contributed by atoms with Gasteiger partial charge in [0.25, 0.3) is 5.91 Å². The Kier molecular flexibility index (Phi) is 6.20. The molecule has 2 aromatic carbocycles. The van der Waals surface area contributed by atoms with Gasteiger partial charge in [-0.25, -0.2) is 0 Å². The monoisotopic (exact) mass is 396 g/mol. The van der Waals surface area contributed by atoms with Crippen LogP contribution in [0.5, 0.6) is 11.5 Å². The summed E-state index contributed by atoms with van der Waals surface area (Å²) in [6.07, 6.45) is 2.35. The van der Waals surface area contributed by atoms with Crippen LogP contribution >= 0.6 is 0 Å². The largest absolute Gasteiger partial charge is 0.497 e. The molecule has 0 saturated carbocycles. The molecule has 1 atom stereocenters. The van der Waals surface area contributed by atoms with Gasteiger partial charge >= 0.3 is 0 Å². The lowest BCUT2D eigenvalue weighted by Crippen LogP contribution is -2.48. The van der Waals surface area contributed by atoms with Crippen LogP contribution in [0.15, 0.2) is 48.5 Å². The van der Waals surface area contributed by atoms with Gasteiger partial charge in [0.05, 0.1) is 13.2 Å². The predicted molar refractivity (Wildman–Crippen MR) is 112 cm³/mol. The van der Waals surface area contributed by atoms with E-state index in [0.29, 0.717) is 25.3 Å². The van der Waals surface area contributed by atoms with Gasteiger partial charge in [0.2, 0.25) is 0 Å². The van der Waals surface area contributed by atoms with E-state index in [1.54, 1.807) is 7.11 Å². The van der Waals surface area contributed by atoms with Crippen LogP contribution in [0.25, 0.3) is 0 Å². The summed E-state index contributed by atoms with van der Waals surface area (Å²) in [4.78, 5) is 17.1. The quantitative estimate of drug-likeness (QED) is 0.751. The normalized spacial score (nSPS) is 19.3. The van der Waals surface area contributed by atoms with Crippen LogP contribution in [0.1, 0.15) is 23.2 Å². The minimum atomic E-state index is 0.0741. The molecule has 0 N–H and O–H groups in total. The van der Waals surface area contributed by atoms with Crippen LogP contribution in [0, 0.1) is 0 Å². The lowest BCUT2D eigenvalue weighted by Gasteiger charge is -2.36. The van der Waals surface area contributed by atoms with Gasteiger partial charge in [-0.3, -0.25) is 4.79 Å². The second-order valence-corrected chi connectivity index (χ2v) is 7.45. The Balaban J connectivity index is 1.28. The van der Waals surface area contributed by atoms with Crippen molar-refractivity contribution in [1.29, 1.82) is 0 Å². The first kappa shape index (κ1) is 19.6. The summed E-state index contributed by atoms with van der Waals surface area (Å²) in [6, 6.07) is 15.5. The van der Waals surface area contributed by atoms with Gasteiger partial charge in [-0.15, -0.1) is 0 Å². The number of nitrogens with zero attached hydrogens (tertiary/aromatic N) is 2. The average Bonchev–Trinajstić information content (AvgIpc) is 3.31. The highest BCUT2D eigenvalue weighted by atomic mass is 16.5. The molecule has 2 aromatic rings. The van der Waals surface area contributed by atoms with E-state index in [1.165, 1.54) is 0 Å². The van der Waals surface area contributed by atoms with Crippen molar-refractivity contribution in [1.82, 2.24) is 4.90 Å². The SMILES string of the molecule is COc1ccc(N2CCN(C(=O)c3ccc(OC[C@@H]4CCCO4)cc3)CC2)cc1. The van der Waals surface area contributed by atoms with Crippen molar-refractivity contribution < 1.29 is 19.0 Å². The smallest absolute Gasteiger partial charge is 0.253 e. The molecule has 2 fully saturated rings. The van der Waals surface area contributed by atoms with Crippen LogP contribution in [0.3, 0.4) is 0 Å². The average molecular weight is 396 g/mol. The molecular weight excluding hydrogens is 368 g/mol. The minimum absolute atomic E-state index is 0.0741. The van der Waals surface area contributed by atoms with Crippen LogP contribution in [0.4, 0.5) is 5.69 Å². The predicted octanol–water partition coefficient (Wildman–Crippen LogP) is 3.22. The fraction of sp³-hybridized carbons (Fsp3) is 0.435. The fourth-order valence-electron chi connectivity index (χ4n) is 3.80. The third kappa shape index (κ3) is 4.82. The number of carbonyl (C=O) groups is 1. The number of rotatable bonds is 6. The summed E-state index contributed by atoms with van der Waals surface area (Å²) in [7, 11) is 1.67. The van der Waals surface area contributed by atoms with E-state index in [4.69, 9.17) is 14.2 Å². The molecule has 6 heteroatoms. The zero-order chi connectivity index (χ0) is 20.1. The maximum Gasteiger partial charge on any atom is 0.253 e. The van der Waals surface area contributed by atoms with Crippen molar-refractivity contribution in [3.63, 3.8) is 0 Å². The lowest BCUT2D eigenvalue weighted by molar-refractivity contribution is 0.0678. The van der Waals surface area contributed by atoms with Gasteiger partial charge in [-0.05, 0) is 61.4 Å². The number of anilines is 1. The molecule has 4 rings (SSSR count). The van der Waals surface area contributed by atoms with Gasteiger partial charge in [0.15, 0.2) is 0 Å². The van der Waals surface area contributed by atoms with Crippen molar-refractivity contribution in [3.05, 3.63) is 54.1 Å². The maximum absolute atomic E-state index is 12.8. The van der Waals surface area contributed by atoms with Crippen molar-refractivity contribution in [2.24, 2.45) is 0 Å². The molecule has 0 aliphatic carbocycles. The zero-order valence-electron chi connectivity index (χ0n) is 16.9. The molecule has 0 aromatic heterocycles. The molecule has 2 aliphatic rings. The Morgan fingerprint density at radius 1 is 1.00 bits per heavy atom. The van der Waals surface area contributed by atoms with Crippen LogP contribution in [-0.2, 0) is 4.74 Å². The van der Waals surface area contributed by atoms with E-state index in [-0.39, 0.29) is 12.0 Å². The molecule has 0 radical (unpaired) electrons. The summed E-state index contributed by atoms with van der Waals surface area (Å²) in [5.41, 5.74) is 1.86. The Labute approximate surface area is 172 Å². The van der Waals surface area contributed by atoms with E-state index in [1.807, 2.05) is 41.3 Å². The molecule has 0 unspecified atom stereocenters.